The van der Waals surface area contributed by atoms with Gasteiger partial charge in [-0.1, -0.05) is 13.8 Å². The van der Waals surface area contributed by atoms with E-state index in [1.165, 1.54) is 12.2 Å². The molecule has 0 bridgehead atoms. The molecule has 1 atom stereocenters. The Bertz CT molecular complexity index is 401. The molecule has 0 radical (unpaired) electrons. The number of ether oxygens (including phenoxy) is 1. The van der Waals surface area contributed by atoms with Gasteiger partial charge in [0.2, 0.25) is 5.91 Å². The lowest BCUT2D eigenvalue weighted by Crippen LogP contribution is -2.44. The highest BCUT2D eigenvalue weighted by Gasteiger charge is 2.22. The van der Waals surface area contributed by atoms with Gasteiger partial charge in [0.25, 0.3) is 0 Å². The van der Waals surface area contributed by atoms with Crippen molar-refractivity contribution in [1.29, 1.82) is 0 Å². The van der Waals surface area contributed by atoms with Crippen LogP contribution in [0.5, 0.6) is 0 Å². The monoisotopic (exact) mass is 312 g/mol. The standard InChI is InChI=1S/C17H32N2O3/c1-7-13(2)14(20)8-9-15(21)19-16(3,4)10-11-22-17(5,6)12-18/h8-9,13H,7,10-12,18H2,1-6H3,(H,19,21)/b9-8-. The zero-order chi connectivity index (χ0) is 17.4. The summed E-state index contributed by atoms with van der Waals surface area (Å²) >= 11 is 0. The van der Waals surface area contributed by atoms with Crippen molar-refractivity contribution in [2.24, 2.45) is 11.7 Å². The third kappa shape index (κ3) is 8.95. The van der Waals surface area contributed by atoms with Gasteiger partial charge in [0.05, 0.1) is 5.60 Å². The number of hydrogen-bond donors (Lipinski definition) is 2. The minimum Gasteiger partial charge on any atom is -0.374 e. The highest BCUT2D eigenvalue weighted by Crippen LogP contribution is 2.13. The van der Waals surface area contributed by atoms with Crippen molar-refractivity contribution in [3.8, 4) is 0 Å². The van der Waals surface area contributed by atoms with Crippen LogP contribution in [0, 0.1) is 5.92 Å². The van der Waals surface area contributed by atoms with E-state index >= 15 is 0 Å². The highest BCUT2D eigenvalue weighted by atomic mass is 16.5. The third-order valence-corrected chi connectivity index (χ3v) is 3.67. The zero-order valence-corrected chi connectivity index (χ0v) is 14.9. The fourth-order valence-corrected chi connectivity index (χ4v) is 1.60. The van der Waals surface area contributed by atoms with Gasteiger partial charge < -0.3 is 15.8 Å². The second-order valence-corrected chi connectivity index (χ2v) is 6.98. The zero-order valence-electron chi connectivity index (χ0n) is 14.9. The molecule has 0 saturated heterocycles. The molecule has 1 amide bonds. The first-order chi connectivity index (χ1) is 10.0. The van der Waals surface area contributed by atoms with E-state index in [4.69, 9.17) is 10.5 Å². The second-order valence-electron chi connectivity index (χ2n) is 6.98. The molecule has 128 valence electrons. The molecule has 5 nitrogen and oxygen atoms in total. The van der Waals surface area contributed by atoms with E-state index < -0.39 is 5.54 Å². The van der Waals surface area contributed by atoms with Gasteiger partial charge >= 0.3 is 0 Å². The molecular formula is C17H32N2O3. The number of ketones is 1. The summed E-state index contributed by atoms with van der Waals surface area (Å²) in [7, 11) is 0. The van der Waals surface area contributed by atoms with Crippen molar-refractivity contribution in [3.05, 3.63) is 12.2 Å². The Labute approximate surface area is 134 Å². The van der Waals surface area contributed by atoms with Crippen LogP contribution in [-0.2, 0) is 14.3 Å². The van der Waals surface area contributed by atoms with Crippen molar-refractivity contribution in [3.63, 3.8) is 0 Å². The predicted octanol–water partition coefficient (Wildman–Crippen LogP) is 2.20. The Morgan fingerprint density at radius 1 is 1.23 bits per heavy atom. The molecule has 3 N–H and O–H groups in total. The summed E-state index contributed by atoms with van der Waals surface area (Å²) in [5, 5.41) is 2.88. The Balaban J connectivity index is 4.32. The number of hydrogen-bond acceptors (Lipinski definition) is 4. The van der Waals surface area contributed by atoms with Crippen LogP contribution in [0.4, 0.5) is 0 Å². The van der Waals surface area contributed by atoms with Gasteiger partial charge in [0.1, 0.15) is 0 Å². The Kier molecular flexibility index (Phi) is 8.56. The summed E-state index contributed by atoms with van der Waals surface area (Å²) < 4.78 is 5.69. The van der Waals surface area contributed by atoms with Gasteiger partial charge in [-0.15, -0.1) is 0 Å². The Morgan fingerprint density at radius 3 is 2.32 bits per heavy atom. The molecule has 0 aromatic carbocycles. The molecule has 1 unspecified atom stereocenters. The van der Waals surface area contributed by atoms with E-state index in [2.05, 4.69) is 5.32 Å². The highest BCUT2D eigenvalue weighted by molar-refractivity contribution is 5.98. The number of rotatable bonds is 10. The van der Waals surface area contributed by atoms with Gasteiger partial charge in [0.15, 0.2) is 5.78 Å². The lowest BCUT2D eigenvalue weighted by molar-refractivity contribution is -0.120. The molecule has 0 aromatic heterocycles. The maximum atomic E-state index is 11.9. The largest absolute Gasteiger partial charge is 0.374 e. The number of nitrogens with two attached hydrogens (primary N) is 1. The minimum atomic E-state index is -0.411. The Morgan fingerprint density at radius 2 is 1.82 bits per heavy atom. The first-order valence-electron chi connectivity index (χ1n) is 7.91. The van der Waals surface area contributed by atoms with Crippen LogP contribution in [0.2, 0.25) is 0 Å². The fourth-order valence-electron chi connectivity index (χ4n) is 1.60. The molecule has 0 aliphatic carbocycles. The van der Waals surface area contributed by atoms with E-state index in [0.717, 1.165) is 6.42 Å². The van der Waals surface area contributed by atoms with Crippen LogP contribution in [0.25, 0.3) is 0 Å². The SMILES string of the molecule is CCC(C)C(=O)/C=C\C(=O)NC(C)(C)CCOC(C)(C)CN. The van der Waals surface area contributed by atoms with E-state index in [-0.39, 0.29) is 23.2 Å². The molecule has 5 heteroatoms. The van der Waals surface area contributed by atoms with Gasteiger partial charge in [-0.3, -0.25) is 9.59 Å². The molecule has 0 spiro atoms. The second kappa shape index (κ2) is 9.06. The summed E-state index contributed by atoms with van der Waals surface area (Å²) in [6, 6.07) is 0. The maximum absolute atomic E-state index is 11.9. The van der Waals surface area contributed by atoms with Crippen LogP contribution >= 0.6 is 0 Å². The first kappa shape index (κ1) is 20.8. The molecule has 0 rings (SSSR count). The number of nitrogens with one attached hydrogen (secondary N) is 1. The van der Waals surface area contributed by atoms with Crippen LogP contribution in [0.1, 0.15) is 54.4 Å². The quantitative estimate of drug-likeness (QED) is 0.606. The molecule has 0 saturated carbocycles. The molecule has 0 aliphatic rings. The van der Waals surface area contributed by atoms with E-state index in [1.807, 2.05) is 41.5 Å². The van der Waals surface area contributed by atoms with Crippen LogP contribution in [0.15, 0.2) is 12.2 Å². The smallest absolute Gasteiger partial charge is 0.244 e. The topological polar surface area (TPSA) is 81.4 Å². The average Bonchev–Trinajstić information content (AvgIpc) is 2.42. The molecule has 0 aromatic rings. The number of carbonyl (C=O) groups is 2. The maximum Gasteiger partial charge on any atom is 0.244 e. The van der Waals surface area contributed by atoms with E-state index in [1.54, 1.807) is 0 Å². The number of amides is 1. The lowest BCUT2D eigenvalue weighted by Gasteiger charge is -2.29. The van der Waals surface area contributed by atoms with Gasteiger partial charge in [-0.05, 0) is 46.6 Å². The number of carbonyl (C=O) groups excluding carboxylic acids is 2. The van der Waals surface area contributed by atoms with Crippen molar-refractivity contribution in [1.82, 2.24) is 5.32 Å². The molecule has 0 heterocycles. The molecular weight excluding hydrogens is 280 g/mol. The molecule has 0 aliphatic heterocycles. The van der Waals surface area contributed by atoms with E-state index in [9.17, 15) is 9.59 Å². The van der Waals surface area contributed by atoms with Crippen molar-refractivity contribution >= 4 is 11.7 Å². The van der Waals surface area contributed by atoms with Crippen molar-refractivity contribution in [2.75, 3.05) is 13.2 Å². The summed E-state index contributed by atoms with van der Waals surface area (Å²) in [5.74, 6) is -0.341. The molecule has 0 fully saturated rings. The molecule has 22 heavy (non-hydrogen) atoms. The van der Waals surface area contributed by atoms with Gasteiger partial charge in [-0.2, -0.15) is 0 Å². The minimum absolute atomic E-state index is 0.0246. The third-order valence-electron chi connectivity index (χ3n) is 3.67. The van der Waals surface area contributed by atoms with Crippen LogP contribution in [0.3, 0.4) is 0 Å². The van der Waals surface area contributed by atoms with Gasteiger partial charge in [0, 0.05) is 30.7 Å². The predicted molar refractivity (Wildman–Crippen MR) is 89.5 cm³/mol. The summed E-state index contributed by atoms with van der Waals surface area (Å²) in [6.45, 7) is 12.5. The fraction of sp³-hybridized carbons (Fsp3) is 0.765. The normalized spacial score (nSPS) is 14.1. The average molecular weight is 312 g/mol. The first-order valence-corrected chi connectivity index (χ1v) is 7.91. The van der Waals surface area contributed by atoms with Gasteiger partial charge in [-0.25, -0.2) is 0 Å². The van der Waals surface area contributed by atoms with Crippen LogP contribution < -0.4 is 11.1 Å². The summed E-state index contributed by atoms with van der Waals surface area (Å²) in [4.78, 5) is 23.5. The summed E-state index contributed by atoms with van der Waals surface area (Å²) in [6.07, 6.45) is 4.09. The van der Waals surface area contributed by atoms with Crippen LogP contribution in [-0.4, -0.2) is 36.0 Å². The summed E-state index contributed by atoms with van der Waals surface area (Å²) in [5.41, 5.74) is 4.84. The van der Waals surface area contributed by atoms with Crippen molar-refractivity contribution < 1.29 is 14.3 Å². The van der Waals surface area contributed by atoms with Crippen molar-refractivity contribution in [2.45, 2.75) is 65.5 Å². The number of allylic oxidation sites excluding steroid dienone is 1. The lowest BCUT2D eigenvalue weighted by atomic mass is 10.0. The van der Waals surface area contributed by atoms with E-state index in [0.29, 0.717) is 19.6 Å². The Hall–Kier alpha value is -1.20.